The maximum atomic E-state index is 12.7. The van der Waals surface area contributed by atoms with E-state index in [2.05, 4.69) is 20.7 Å². The highest BCUT2D eigenvalue weighted by atomic mass is 19.4. The van der Waals surface area contributed by atoms with Crippen molar-refractivity contribution in [2.24, 2.45) is 7.05 Å². The Bertz CT molecular complexity index is 1060. The number of urea groups is 1. The summed E-state index contributed by atoms with van der Waals surface area (Å²) in [6.45, 7) is 0.136. The molecule has 0 aliphatic rings. The lowest BCUT2D eigenvalue weighted by Crippen LogP contribution is -2.34. The Morgan fingerprint density at radius 1 is 1.21 bits per heavy atom. The number of halogens is 3. The molecule has 0 fully saturated rings. The van der Waals surface area contributed by atoms with E-state index in [0.717, 1.165) is 12.1 Å². The van der Waals surface area contributed by atoms with E-state index < -0.39 is 17.8 Å². The van der Waals surface area contributed by atoms with E-state index in [1.54, 1.807) is 31.6 Å². The quantitative estimate of drug-likeness (QED) is 0.681. The first-order valence-corrected chi connectivity index (χ1v) is 8.52. The van der Waals surface area contributed by atoms with Crippen LogP contribution < -0.4 is 16.3 Å². The summed E-state index contributed by atoms with van der Waals surface area (Å²) in [5.74, 6) is 0.427. The van der Waals surface area contributed by atoms with E-state index in [-0.39, 0.29) is 24.5 Å². The first kappa shape index (κ1) is 20.1. The van der Waals surface area contributed by atoms with Crippen molar-refractivity contribution in [2.45, 2.75) is 12.7 Å². The van der Waals surface area contributed by atoms with Gasteiger partial charge in [0.05, 0.1) is 12.1 Å². The lowest BCUT2D eigenvalue weighted by atomic mass is 10.2. The molecule has 0 aliphatic carbocycles. The first-order chi connectivity index (χ1) is 13.8. The van der Waals surface area contributed by atoms with Gasteiger partial charge in [0.1, 0.15) is 0 Å². The van der Waals surface area contributed by atoms with Gasteiger partial charge in [-0.3, -0.25) is 9.55 Å². The summed E-state index contributed by atoms with van der Waals surface area (Å²) < 4.78 is 40.7. The van der Waals surface area contributed by atoms with E-state index in [1.807, 2.05) is 0 Å². The van der Waals surface area contributed by atoms with Crippen molar-refractivity contribution in [2.75, 3.05) is 11.9 Å². The predicted molar refractivity (Wildman–Crippen MR) is 99.2 cm³/mol. The molecule has 2 N–H and O–H groups in total. The van der Waals surface area contributed by atoms with Gasteiger partial charge in [-0.1, -0.05) is 6.07 Å². The number of anilines is 1. The molecular weight excluding hydrogens is 389 g/mol. The Morgan fingerprint density at radius 2 is 2.00 bits per heavy atom. The molecule has 0 bridgehead atoms. The highest BCUT2D eigenvalue weighted by Crippen LogP contribution is 2.30. The molecule has 1 aromatic carbocycles. The van der Waals surface area contributed by atoms with Crippen LogP contribution in [0.2, 0.25) is 0 Å². The Labute approximate surface area is 163 Å². The van der Waals surface area contributed by atoms with Crippen LogP contribution in [-0.2, 0) is 19.8 Å². The molecular formula is C18H17F3N6O2. The maximum absolute atomic E-state index is 12.7. The van der Waals surface area contributed by atoms with Gasteiger partial charge in [-0.2, -0.15) is 13.2 Å². The minimum Gasteiger partial charge on any atom is -0.336 e. The zero-order valence-electron chi connectivity index (χ0n) is 15.3. The van der Waals surface area contributed by atoms with Crippen molar-refractivity contribution < 1.29 is 18.0 Å². The summed E-state index contributed by atoms with van der Waals surface area (Å²) in [7, 11) is 1.57. The number of carbonyl (C=O) groups excluding carboxylic acids is 1. The van der Waals surface area contributed by atoms with E-state index in [9.17, 15) is 22.8 Å². The van der Waals surface area contributed by atoms with Crippen LogP contribution in [0.4, 0.5) is 23.7 Å². The Morgan fingerprint density at radius 3 is 2.69 bits per heavy atom. The molecule has 8 nitrogen and oxygen atoms in total. The number of nitrogens with one attached hydrogen (secondary N) is 2. The lowest BCUT2D eigenvalue weighted by Gasteiger charge is -2.10. The molecule has 11 heteroatoms. The fourth-order valence-electron chi connectivity index (χ4n) is 2.60. The molecule has 0 atom stereocenters. The molecule has 0 saturated heterocycles. The fourth-order valence-corrected chi connectivity index (χ4v) is 2.60. The third kappa shape index (κ3) is 4.81. The second-order valence-corrected chi connectivity index (χ2v) is 6.09. The normalized spacial score (nSPS) is 11.3. The topological polar surface area (TPSA) is 93.8 Å². The number of nitrogens with zero attached hydrogens (tertiary/aromatic N) is 4. The summed E-state index contributed by atoms with van der Waals surface area (Å²) in [5, 5.41) is 9.04. The number of pyridine rings is 1. The smallest absolute Gasteiger partial charge is 0.336 e. The van der Waals surface area contributed by atoms with Gasteiger partial charge in [-0.05, 0) is 30.3 Å². The molecule has 2 heterocycles. The maximum Gasteiger partial charge on any atom is 0.416 e. The molecule has 152 valence electrons. The molecule has 2 amide bonds. The molecule has 3 aromatic rings. The minimum absolute atomic E-state index is 0.00573. The lowest BCUT2D eigenvalue weighted by molar-refractivity contribution is -0.137. The van der Waals surface area contributed by atoms with Crippen molar-refractivity contribution in [3.05, 3.63) is 64.8 Å². The van der Waals surface area contributed by atoms with Crippen LogP contribution in [0.25, 0.3) is 11.4 Å². The van der Waals surface area contributed by atoms with E-state index in [0.29, 0.717) is 11.4 Å². The summed E-state index contributed by atoms with van der Waals surface area (Å²) in [6.07, 6.45) is -1.32. The molecule has 2 aromatic heterocycles. The fraction of sp³-hybridized carbons (Fsp3) is 0.222. The van der Waals surface area contributed by atoms with E-state index >= 15 is 0 Å². The summed E-state index contributed by atoms with van der Waals surface area (Å²) >= 11 is 0. The largest absolute Gasteiger partial charge is 0.416 e. The number of hydrogen-bond donors (Lipinski definition) is 2. The van der Waals surface area contributed by atoms with Crippen LogP contribution in [-0.4, -0.2) is 31.9 Å². The van der Waals surface area contributed by atoms with Crippen LogP contribution in [0, 0.1) is 0 Å². The van der Waals surface area contributed by atoms with Gasteiger partial charge in [0.25, 0.3) is 0 Å². The van der Waals surface area contributed by atoms with Gasteiger partial charge in [-0.15, -0.1) is 5.10 Å². The van der Waals surface area contributed by atoms with Crippen LogP contribution in [0.15, 0.2) is 53.6 Å². The van der Waals surface area contributed by atoms with Crippen LogP contribution in [0.5, 0.6) is 0 Å². The number of aromatic nitrogens is 4. The average molecular weight is 406 g/mol. The van der Waals surface area contributed by atoms with Crippen molar-refractivity contribution in [3.8, 4) is 11.4 Å². The van der Waals surface area contributed by atoms with Gasteiger partial charge in [0, 0.05) is 37.2 Å². The monoisotopic (exact) mass is 406 g/mol. The number of amides is 2. The number of alkyl halides is 3. The van der Waals surface area contributed by atoms with Crippen LogP contribution in [0.3, 0.4) is 0 Å². The third-order valence-electron chi connectivity index (χ3n) is 4.02. The molecule has 29 heavy (non-hydrogen) atoms. The first-order valence-electron chi connectivity index (χ1n) is 8.52. The number of hydrogen-bond acceptors (Lipinski definition) is 4. The van der Waals surface area contributed by atoms with Gasteiger partial charge < -0.3 is 10.6 Å². The highest BCUT2D eigenvalue weighted by Gasteiger charge is 2.30. The standard InChI is InChI=1S/C18H17F3N6O2/c1-26-15(12-4-3-7-22-11-12)25-27(17(26)29)9-8-23-16(28)24-14-6-2-5-13(10-14)18(19,20)21/h2-7,10-11H,8-9H2,1H3,(H2,23,24,28). The second-order valence-electron chi connectivity index (χ2n) is 6.09. The average Bonchev–Trinajstić information content (AvgIpc) is 2.97. The van der Waals surface area contributed by atoms with E-state index in [4.69, 9.17) is 0 Å². The SMILES string of the molecule is Cn1c(-c2cccnc2)nn(CCNC(=O)Nc2cccc(C(F)(F)F)c2)c1=O. The van der Waals surface area contributed by atoms with Crippen molar-refractivity contribution in [1.29, 1.82) is 0 Å². The number of rotatable bonds is 5. The zero-order valence-corrected chi connectivity index (χ0v) is 15.3. The Hall–Kier alpha value is -3.63. The third-order valence-corrected chi connectivity index (χ3v) is 4.02. The van der Waals surface area contributed by atoms with E-state index in [1.165, 1.54) is 21.4 Å². The van der Waals surface area contributed by atoms with Crippen molar-refractivity contribution in [3.63, 3.8) is 0 Å². The number of benzene rings is 1. The number of carbonyl (C=O) groups is 1. The highest BCUT2D eigenvalue weighted by molar-refractivity contribution is 5.89. The van der Waals surface area contributed by atoms with Gasteiger partial charge in [0.2, 0.25) is 0 Å². The summed E-state index contributed by atoms with van der Waals surface area (Å²) in [4.78, 5) is 28.2. The molecule has 0 radical (unpaired) electrons. The molecule has 0 aliphatic heterocycles. The molecule has 3 rings (SSSR count). The summed E-state index contributed by atoms with van der Waals surface area (Å²) in [6, 6.07) is 7.09. The minimum atomic E-state index is -4.50. The molecule has 0 unspecified atom stereocenters. The summed E-state index contributed by atoms with van der Waals surface area (Å²) in [5.41, 5.74) is -0.561. The van der Waals surface area contributed by atoms with Crippen molar-refractivity contribution in [1.82, 2.24) is 24.6 Å². The van der Waals surface area contributed by atoms with Crippen molar-refractivity contribution >= 4 is 11.7 Å². The Balaban J connectivity index is 1.59. The second kappa shape index (κ2) is 8.17. The molecule has 0 saturated carbocycles. The Kier molecular flexibility index (Phi) is 5.66. The van der Waals surface area contributed by atoms with Gasteiger partial charge in [0.15, 0.2) is 5.82 Å². The van der Waals surface area contributed by atoms with Gasteiger partial charge >= 0.3 is 17.9 Å². The molecule has 0 spiro atoms. The predicted octanol–water partition coefficient (Wildman–Crippen LogP) is 2.48. The van der Waals surface area contributed by atoms with Gasteiger partial charge in [-0.25, -0.2) is 14.3 Å². The van der Waals surface area contributed by atoms with Crippen LogP contribution in [0.1, 0.15) is 5.56 Å². The zero-order chi connectivity index (χ0) is 21.0. The van der Waals surface area contributed by atoms with Crippen LogP contribution >= 0.6 is 0 Å².